The van der Waals surface area contributed by atoms with E-state index in [1.54, 1.807) is 0 Å². The molecule has 0 aliphatic rings. The lowest BCUT2D eigenvalue weighted by atomic mass is 10.0. The number of aliphatic carboxylic acids is 1. The monoisotopic (exact) mass is 1040 g/mol. The number of esters is 2. The molecule has 2 atom stereocenters. The van der Waals surface area contributed by atoms with Crippen molar-refractivity contribution >= 4 is 17.9 Å². The second kappa shape index (κ2) is 56.5. The number of carboxylic acid groups (broad SMARTS) is 1. The predicted octanol–water partition coefficient (Wildman–Crippen LogP) is 19.1. The highest BCUT2D eigenvalue weighted by Crippen LogP contribution is 2.19. The summed E-state index contributed by atoms with van der Waals surface area (Å²) in [6.07, 6.45) is 62.0. The van der Waals surface area contributed by atoms with Gasteiger partial charge in [0.15, 0.2) is 6.10 Å². The number of likely N-dealkylation sites (N-methyl/N-ethyl adjacent to an activating group) is 1. The molecule has 0 aliphatic carbocycles. The fourth-order valence-corrected chi connectivity index (χ4v) is 9.90. The molecule has 0 aromatic rings. The Bertz CT molecular complexity index is 1160. The van der Waals surface area contributed by atoms with Crippen LogP contribution >= 0.6 is 0 Å². The Labute approximate surface area is 453 Å². The number of carboxylic acids is 1. The topological polar surface area (TPSA) is 108 Å². The van der Waals surface area contributed by atoms with E-state index in [0.29, 0.717) is 17.4 Å². The Morgan fingerprint density at radius 2 is 0.616 bits per heavy atom. The average molecular weight is 1040 g/mol. The third-order valence-electron chi connectivity index (χ3n) is 14.9. The van der Waals surface area contributed by atoms with Crippen LogP contribution in [0.5, 0.6) is 0 Å². The van der Waals surface area contributed by atoms with Gasteiger partial charge in [0.2, 0.25) is 0 Å². The van der Waals surface area contributed by atoms with E-state index in [1.165, 1.54) is 270 Å². The van der Waals surface area contributed by atoms with Crippen LogP contribution in [-0.4, -0.2) is 87.4 Å². The standard InChI is InChI=1S/C64H125NO8/c1-6-8-10-12-14-16-18-20-22-24-26-27-28-29-30-31-32-33-34-35-37-39-41-43-45-47-49-51-53-55-62(67)73-60(59-72-64(63(68)69)70-57-56-65(3,4)5)58-71-61(66)54-52-50-48-46-44-42-40-38-36-25-23-21-19-17-15-13-11-9-7-2/h60,64H,6-59H2,1-5H3/p+1. The van der Waals surface area contributed by atoms with Crippen molar-refractivity contribution < 1.29 is 42.9 Å². The highest BCUT2D eigenvalue weighted by atomic mass is 16.7. The third kappa shape index (κ3) is 57.8. The van der Waals surface area contributed by atoms with E-state index in [1.807, 2.05) is 21.1 Å². The summed E-state index contributed by atoms with van der Waals surface area (Å²) >= 11 is 0. The maximum atomic E-state index is 12.9. The molecule has 0 aromatic heterocycles. The van der Waals surface area contributed by atoms with Gasteiger partial charge in [0.25, 0.3) is 6.29 Å². The predicted molar refractivity (Wildman–Crippen MR) is 309 cm³/mol. The molecule has 2 unspecified atom stereocenters. The Kier molecular flexibility index (Phi) is 55.2. The third-order valence-corrected chi connectivity index (χ3v) is 14.9. The van der Waals surface area contributed by atoms with E-state index >= 15 is 0 Å². The smallest absolute Gasteiger partial charge is 0.361 e. The summed E-state index contributed by atoms with van der Waals surface area (Å²) in [5, 5.41) is 9.72. The van der Waals surface area contributed by atoms with Crippen LogP contribution in [0.4, 0.5) is 0 Å². The van der Waals surface area contributed by atoms with Crippen molar-refractivity contribution in [1.82, 2.24) is 0 Å². The Morgan fingerprint density at radius 1 is 0.356 bits per heavy atom. The van der Waals surface area contributed by atoms with Crippen LogP contribution in [0, 0.1) is 0 Å². The lowest BCUT2D eigenvalue weighted by molar-refractivity contribution is -0.870. The van der Waals surface area contributed by atoms with Crippen LogP contribution in [0.2, 0.25) is 0 Å². The second-order valence-corrected chi connectivity index (χ2v) is 23.4. The maximum Gasteiger partial charge on any atom is 0.361 e. The number of unbranched alkanes of at least 4 members (excludes halogenated alkanes) is 46. The summed E-state index contributed by atoms with van der Waals surface area (Å²) in [5.74, 6) is -1.97. The summed E-state index contributed by atoms with van der Waals surface area (Å²) in [6.45, 7) is 4.96. The van der Waals surface area contributed by atoms with Crippen molar-refractivity contribution in [3.05, 3.63) is 0 Å². The molecule has 434 valence electrons. The second-order valence-electron chi connectivity index (χ2n) is 23.4. The van der Waals surface area contributed by atoms with Crippen molar-refractivity contribution in [3.63, 3.8) is 0 Å². The largest absolute Gasteiger partial charge is 0.477 e. The van der Waals surface area contributed by atoms with Gasteiger partial charge in [-0.2, -0.15) is 0 Å². The molecule has 0 amide bonds. The van der Waals surface area contributed by atoms with Gasteiger partial charge in [0, 0.05) is 12.8 Å². The molecule has 0 saturated carbocycles. The quantitative estimate of drug-likeness (QED) is 0.0278. The number of rotatable bonds is 61. The van der Waals surface area contributed by atoms with Gasteiger partial charge in [-0.15, -0.1) is 0 Å². The first-order valence-corrected chi connectivity index (χ1v) is 32.2. The number of quaternary nitrogens is 1. The van der Waals surface area contributed by atoms with Crippen LogP contribution in [0.3, 0.4) is 0 Å². The highest BCUT2D eigenvalue weighted by molar-refractivity contribution is 5.71. The molecule has 9 nitrogen and oxygen atoms in total. The fraction of sp³-hybridized carbons (Fsp3) is 0.953. The highest BCUT2D eigenvalue weighted by Gasteiger charge is 2.25. The lowest BCUT2D eigenvalue weighted by Gasteiger charge is -2.25. The van der Waals surface area contributed by atoms with Gasteiger partial charge >= 0.3 is 17.9 Å². The molecule has 0 spiro atoms. The maximum absolute atomic E-state index is 12.9. The number of ether oxygens (including phenoxy) is 4. The molecule has 0 bridgehead atoms. The first-order chi connectivity index (χ1) is 35.6. The van der Waals surface area contributed by atoms with Crippen LogP contribution < -0.4 is 0 Å². The molecular formula is C64H126NO8+. The lowest BCUT2D eigenvalue weighted by Crippen LogP contribution is -2.40. The van der Waals surface area contributed by atoms with Gasteiger partial charge in [-0.05, 0) is 12.8 Å². The Hall–Kier alpha value is -1.71. The summed E-state index contributed by atoms with van der Waals surface area (Å²) in [7, 11) is 5.99. The molecule has 0 aliphatic heterocycles. The zero-order valence-electron chi connectivity index (χ0n) is 49.6. The van der Waals surface area contributed by atoms with Crippen molar-refractivity contribution in [2.75, 3.05) is 47.5 Å². The summed E-state index contributed by atoms with van der Waals surface area (Å²) in [5.41, 5.74) is 0. The number of nitrogens with zero attached hydrogens (tertiary/aromatic N) is 1. The van der Waals surface area contributed by atoms with E-state index in [9.17, 15) is 19.5 Å². The molecular weight excluding hydrogens is 911 g/mol. The Balaban J connectivity index is 4.08. The van der Waals surface area contributed by atoms with Gasteiger partial charge in [-0.25, -0.2) is 4.79 Å². The summed E-state index contributed by atoms with van der Waals surface area (Å²) in [6, 6.07) is 0. The SMILES string of the molecule is CCCCCCCCCCCCCCCCCCCCCCCCCCCCCCCC(=O)OC(COC(=O)CCCCCCCCCCCCCCCCCCCCC)COC(OCC[N+](C)(C)C)C(=O)O. The average Bonchev–Trinajstić information content (AvgIpc) is 3.36. The van der Waals surface area contributed by atoms with Crippen LogP contribution in [0.15, 0.2) is 0 Å². The first kappa shape index (κ1) is 71.3. The van der Waals surface area contributed by atoms with E-state index in [2.05, 4.69) is 13.8 Å². The zero-order valence-corrected chi connectivity index (χ0v) is 49.6. The molecule has 73 heavy (non-hydrogen) atoms. The number of carbonyl (C=O) groups excluding carboxylic acids is 2. The van der Waals surface area contributed by atoms with Crippen LogP contribution in [0.25, 0.3) is 0 Å². The van der Waals surface area contributed by atoms with E-state index in [-0.39, 0.29) is 38.2 Å². The van der Waals surface area contributed by atoms with Crippen molar-refractivity contribution in [2.24, 2.45) is 0 Å². The molecule has 0 aromatic carbocycles. The minimum Gasteiger partial charge on any atom is -0.477 e. The molecule has 0 saturated heterocycles. The van der Waals surface area contributed by atoms with Gasteiger partial charge in [0.05, 0.1) is 34.4 Å². The van der Waals surface area contributed by atoms with Crippen molar-refractivity contribution in [3.8, 4) is 0 Å². The molecule has 0 radical (unpaired) electrons. The molecule has 1 N–H and O–H groups in total. The fourth-order valence-electron chi connectivity index (χ4n) is 9.90. The number of carbonyl (C=O) groups is 3. The van der Waals surface area contributed by atoms with E-state index in [0.717, 1.165) is 38.5 Å². The number of hydrogen-bond acceptors (Lipinski definition) is 7. The minimum atomic E-state index is -1.50. The van der Waals surface area contributed by atoms with Crippen molar-refractivity contribution in [1.29, 1.82) is 0 Å². The zero-order chi connectivity index (χ0) is 53.4. The summed E-state index contributed by atoms with van der Waals surface area (Å²) < 4.78 is 23.0. The van der Waals surface area contributed by atoms with Gasteiger partial charge in [-0.1, -0.05) is 309 Å². The Morgan fingerprint density at radius 3 is 0.877 bits per heavy atom. The van der Waals surface area contributed by atoms with Gasteiger partial charge in [0.1, 0.15) is 13.2 Å². The van der Waals surface area contributed by atoms with E-state index in [4.69, 9.17) is 18.9 Å². The normalized spacial score (nSPS) is 12.6. The molecule has 0 heterocycles. The number of hydrogen-bond donors (Lipinski definition) is 1. The minimum absolute atomic E-state index is 0.172. The first-order valence-electron chi connectivity index (χ1n) is 32.2. The summed E-state index contributed by atoms with van der Waals surface area (Å²) in [4.78, 5) is 37.5. The van der Waals surface area contributed by atoms with Gasteiger partial charge < -0.3 is 28.5 Å². The molecule has 0 fully saturated rings. The van der Waals surface area contributed by atoms with Crippen LogP contribution in [0.1, 0.15) is 335 Å². The van der Waals surface area contributed by atoms with Crippen molar-refractivity contribution in [2.45, 2.75) is 347 Å². The molecule has 0 rings (SSSR count). The van der Waals surface area contributed by atoms with Crippen LogP contribution in [-0.2, 0) is 33.3 Å². The van der Waals surface area contributed by atoms with Gasteiger partial charge in [-0.3, -0.25) is 9.59 Å². The molecule has 9 heteroatoms. The van der Waals surface area contributed by atoms with E-state index < -0.39 is 18.4 Å².